The average molecular weight is 352 g/mol. The summed E-state index contributed by atoms with van der Waals surface area (Å²) in [6.07, 6.45) is 4.86. The third-order valence-corrected chi connectivity index (χ3v) is 5.07. The maximum Gasteiger partial charge on any atom is 0.289 e. The lowest BCUT2D eigenvalue weighted by molar-refractivity contribution is 0.0604. The molecule has 6 nitrogen and oxygen atoms in total. The molecule has 0 atom stereocenters. The number of furan rings is 1. The first kappa shape index (κ1) is 16.8. The lowest BCUT2D eigenvalue weighted by Gasteiger charge is -2.34. The summed E-state index contributed by atoms with van der Waals surface area (Å²) >= 11 is 0. The van der Waals surface area contributed by atoms with Gasteiger partial charge in [-0.15, -0.1) is 0 Å². The smallest absolute Gasteiger partial charge is 0.289 e. The molecular weight excluding hydrogens is 328 g/mol. The second kappa shape index (κ2) is 7.33. The van der Waals surface area contributed by atoms with Gasteiger partial charge in [-0.05, 0) is 12.1 Å². The van der Waals surface area contributed by atoms with Gasteiger partial charge in [0.1, 0.15) is 11.4 Å². The SMILES string of the molecule is CCc1nccn1CCN1CCN(C(=O)c2cc3ccccc3o2)CC1. The lowest BCUT2D eigenvalue weighted by Crippen LogP contribution is -2.49. The first-order valence-electron chi connectivity index (χ1n) is 9.25. The molecule has 3 heterocycles. The van der Waals surface area contributed by atoms with Crippen molar-refractivity contribution in [3.63, 3.8) is 0 Å². The summed E-state index contributed by atoms with van der Waals surface area (Å²) in [5.41, 5.74) is 0.765. The Bertz CT molecular complexity index is 857. The molecule has 1 fully saturated rings. The van der Waals surface area contributed by atoms with Gasteiger partial charge in [-0.2, -0.15) is 0 Å². The van der Waals surface area contributed by atoms with Crippen LogP contribution in [0.1, 0.15) is 23.3 Å². The maximum atomic E-state index is 12.7. The van der Waals surface area contributed by atoms with Crippen LogP contribution in [0.4, 0.5) is 0 Å². The van der Waals surface area contributed by atoms with Crippen LogP contribution in [0, 0.1) is 0 Å². The Kier molecular flexibility index (Phi) is 4.75. The molecule has 0 unspecified atom stereocenters. The third kappa shape index (κ3) is 3.37. The summed E-state index contributed by atoms with van der Waals surface area (Å²) in [6, 6.07) is 9.58. The lowest BCUT2D eigenvalue weighted by atomic mass is 10.2. The standard InChI is InChI=1S/C20H24N4O2/c1-2-19-21-7-8-23(19)12-9-22-10-13-24(14-11-22)20(25)18-15-16-5-3-4-6-17(16)26-18/h3-8,15H,2,9-14H2,1H3. The average Bonchev–Trinajstić information content (AvgIpc) is 3.32. The van der Waals surface area contributed by atoms with E-state index in [0.29, 0.717) is 5.76 Å². The Morgan fingerprint density at radius 2 is 1.96 bits per heavy atom. The largest absolute Gasteiger partial charge is 0.451 e. The van der Waals surface area contributed by atoms with Crippen LogP contribution in [-0.4, -0.2) is 58.0 Å². The van der Waals surface area contributed by atoms with Crippen molar-refractivity contribution in [1.29, 1.82) is 0 Å². The van der Waals surface area contributed by atoms with Gasteiger partial charge in [-0.25, -0.2) is 4.98 Å². The molecule has 0 saturated carbocycles. The minimum atomic E-state index is -0.0104. The van der Waals surface area contributed by atoms with Crippen molar-refractivity contribution in [3.05, 3.63) is 54.3 Å². The van der Waals surface area contributed by atoms with Crippen molar-refractivity contribution >= 4 is 16.9 Å². The van der Waals surface area contributed by atoms with Gasteiger partial charge >= 0.3 is 0 Å². The Balaban J connectivity index is 1.32. The van der Waals surface area contributed by atoms with Crippen molar-refractivity contribution in [2.75, 3.05) is 32.7 Å². The number of fused-ring (bicyclic) bond motifs is 1. The van der Waals surface area contributed by atoms with Crippen LogP contribution in [0.25, 0.3) is 11.0 Å². The molecule has 4 rings (SSSR count). The van der Waals surface area contributed by atoms with E-state index in [0.717, 1.165) is 62.5 Å². The Labute approximate surface area is 153 Å². The highest BCUT2D eigenvalue weighted by atomic mass is 16.3. The van der Waals surface area contributed by atoms with Crippen LogP contribution < -0.4 is 0 Å². The van der Waals surface area contributed by atoms with E-state index >= 15 is 0 Å². The number of rotatable bonds is 5. The van der Waals surface area contributed by atoms with Crippen LogP contribution in [0.2, 0.25) is 0 Å². The van der Waals surface area contributed by atoms with Crippen molar-refractivity contribution in [2.24, 2.45) is 0 Å². The molecule has 2 aromatic heterocycles. The molecule has 1 aliphatic heterocycles. The topological polar surface area (TPSA) is 54.5 Å². The van der Waals surface area contributed by atoms with E-state index in [9.17, 15) is 4.79 Å². The molecule has 26 heavy (non-hydrogen) atoms. The summed E-state index contributed by atoms with van der Waals surface area (Å²) in [7, 11) is 0. The molecule has 1 aromatic carbocycles. The number of benzene rings is 1. The number of hydrogen-bond acceptors (Lipinski definition) is 4. The van der Waals surface area contributed by atoms with E-state index in [1.807, 2.05) is 47.6 Å². The molecule has 136 valence electrons. The van der Waals surface area contributed by atoms with E-state index in [4.69, 9.17) is 4.42 Å². The molecule has 1 saturated heterocycles. The monoisotopic (exact) mass is 352 g/mol. The summed E-state index contributed by atoms with van der Waals surface area (Å²) in [4.78, 5) is 21.4. The van der Waals surface area contributed by atoms with E-state index in [-0.39, 0.29) is 5.91 Å². The number of carbonyl (C=O) groups excluding carboxylic acids is 1. The number of para-hydroxylation sites is 1. The number of amides is 1. The number of carbonyl (C=O) groups is 1. The molecule has 0 radical (unpaired) electrons. The van der Waals surface area contributed by atoms with Crippen molar-refractivity contribution < 1.29 is 9.21 Å². The second-order valence-corrected chi connectivity index (χ2v) is 6.67. The summed E-state index contributed by atoms with van der Waals surface area (Å²) in [6.45, 7) is 7.31. The van der Waals surface area contributed by atoms with Crippen LogP contribution >= 0.6 is 0 Å². The Morgan fingerprint density at radius 1 is 1.15 bits per heavy atom. The number of imidazole rings is 1. The second-order valence-electron chi connectivity index (χ2n) is 6.67. The normalized spacial score (nSPS) is 15.7. The van der Waals surface area contributed by atoms with Gasteiger partial charge < -0.3 is 13.9 Å². The number of piperazine rings is 1. The number of aryl methyl sites for hydroxylation is 1. The molecule has 0 aliphatic carbocycles. The molecule has 0 bridgehead atoms. The van der Waals surface area contributed by atoms with Crippen molar-refractivity contribution in [1.82, 2.24) is 19.4 Å². The van der Waals surface area contributed by atoms with Gasteiger partial charge in [-0.1, -0.05) is 25.1 Å². The first-order valence-corrected chi connectivity index (χ1v) is 9.25. The van der Waals surface area contributed by atoms with E-state index in [1.54, 1.807) is 0 Å². The number of hydrogen-bond donors (Lipinski definition) is 0. The minimum absolute atomic E-state index is 0.0104. The highest BCUT2D eigenvalue weighted by Gasteiger charge is 2.24. The molecule has 1 amide bonds. The predicted molar refractivity (Wildman–Crippen MR) is 100 cm³/mol. The number of aromatic nitrogens is 2. The first-order chi connectivity index (χ1) is 12.7. The molecule has 6 heteroatoms. The zero-order valence-corrected chi connectivity index (χ0v) is 15.1. The van der Waals surface area contributed by atoms with Gasteiger partial charge in [0.2, 0.25) is 0 Å². The van der Waals surface area contributed by atoms with Crippen molar-refractivity contribution in [3.8, 4) is 0 Å². The highest BCUT2D eigenvalue weighted by Crippen LogP contribution is 2.20. The fourth-order valence-electron chi connectivity index (χ4n) is 3.52. The zero-order valence-electron chi connectivity index (χ0n) is 15.1. The molecule has 0 spiro atoms. The maximum absolute atomic E-state index is 12.7. The van der Waals surface area contributed by atoms with Gasteiger partial charge in [-0.3, -0.25) is 9.69 Å². The quantitative estimate of drug-likeness (QED) is 0.708. The van der Waals surface area contributed by atoms with Crippen molar-refractivity contribution in [2.45, 2.75) is 19.9 Å². The van der Waals surface area contributed by atoms with Gasteiger partial charge in [0, 0.05) is 63.5 Å². The molecule has 1 aliphatic rings. The fourth-order valence-corrected chi connectivity index (χ4v) is 3.52. The third-order valence-electron chi connectivity index (χ3n) is 5.07. The van der Waals surface area contributed by atoms with Crippen LogP contribution in [0.15, 0.2) is 47.1 Å². The highest BCUT2D eigenvalue weighted by molar-refractivity contribution is 5.96. The van der Waals surface area contributed by atoms with E-state index in [1.165, 1.54) is 0 Å². The Morgan fingerprint density at radius 3 is 2.73 bits per heavy atom. The fraction of sp³-hybridized carbons (Fsp3) is 0.400. The summed E-state index contributed by atoms with van der Waals surface area (Å²) < 4.78 is 7.93. The van der Waals surface area contributed by atoms with E-state index in [2.05, 4.69) is 21.4 Å². The Hall–Kier alpha value is -2.60. The van der Waals surface area contributed by atoms with Gasteiger partial charge in [0.15, 0.2) is 5.76 Å². The predicted octanol–water partition coefficient (Wildman–Crippen LogP) is 2.65. The van der Waals surface area contributed by atoms with Gasteiger partial charge in [0.25, 0.3) is 5.91 Å². The van der Waals surface area contributed by atoms with E-state index < -0.39 is 0 Å². The van der Waals surface area contributed by atoms with Gasteiger partial charge in [0.05, 0.1) is 0 Å². The van der Waals surface area contributed by atoms with Crippen LogP contribution in [0.3, 0.4) is 0 Å². The molecular formula is C20H24N4O2. The summed E-state index contributed by atoms with van der Waals surface area (Å²) in [5.74, 6) is 1.55. The molecule has 0 N–H and O–H groups in total. The van der Waals surface area contributed by atoms with Crippen LogP contribution in [0.5, 0.6) is 0 Å². The van der Waals surface area contributed by atoms with Crippen LogP contribution in [-0.2, 0) is 13.0 Å². The molecule has 3 aromatic rings. The number of nitrogens with zero attached hydrogens (tertiary/aromatic N) is 4. The zero-order chi connectivity index (χ0) is 17.9. The minimum Gasteiger partial charge on any atom is -0.451 e. The summed E-state index contributed by atoms with van der Waals surface area (Å²) in [5, 5.41) is 0.974.